The molecule has 0 aliphatic carbocycles. The molecular weight excluding hydrogens is 272 g/mol. The molecule has 0 saturated carbocycles. The average molecular weight is 294 g/mol. The van der Waals surface area contributed by atoms with Gasteiger partial charge in [0, 0.05) is 5.54 Å². The van der Waals surface area contributed by atoms with Crippen molar-refractivity contribution in [3.05, 3.63) is 23.8 Å². The minimum absolute atomic E-state index is 0.0823. The number of carbonyl (C=O) groups excluding carboxylic acids is 1. The number of carbonyl (C=O) groups is 2. The van der Waals surface area contributed by atoms with Gasteiger partial charge in [0.1, 0.15) is 5.75 Å². The largest absolute Gasteiger partial charge is 0.495 e. The first-order valence-electron chi connectivity index (χ1n) is 6.79. The van der Waals surface area contributed by atoms with Crippen molar-refractivity contribution in [2.75, 3.05) is 12.4 Å². The maximum Gasteiger partial charge on any atom is 0.335 e. The predicted molar refractivity (Wildman–Crippen MR) is 81.1 cm³/mol. The van der Waals surface area contributed by atoms with E-state index in [0.717, 1.165) is 12.8 Å². The van der Waals surface area contributed by atoms with E-state index >= 15 is 0 Å². The fourth-order valence-electron chi connectivity index (χ4n) is 2.09. The van der Waals surface area contributed by atoms with Crippen molar-refractivity contribution in [1.29, 1.82) is 0 Å². The summed E-state index contributed by atoms with van der Waals surface area (Å²) in [5, 5.41) is 14.5. The Bertz CT molecular complexity index is 526. The van der Waals surface area contributed by atoms with Crippen LogP contribution in [0.5, 0.6) is 5.75 Å². The van der Waals surface area contributed by atoms with Crippen LogP contribution in [-0.4, -0.2) is 29.8 Å². The predicted octanol–water partition coefficient (Wildman–Crippen LogP) is 3.09. The standard InChI is InChI=1S/C15H22N2O4/c1-5-8-15(2,3)17-14(20)16-11-9-10(13(18)19)6-7-12(11)21-4/h6-7,9H,5,8H2,1-4H3,(H,18,19)(H2,16,17,20). The summed E-state index contributed by atoms with van der Waals surface area (Å²) in [6.07, 6.45) is 1.79. The van der Waals surface area contributed by atoms with Gasteiger partial charge in [-0.05, 0) is 38.5 Å². The van der Waals surface area contributed by atoms with Gasteiger partial charge < -0.3 is 20.5 Å². The molecule has 3 N–H and O–H groups in total. The number of carboxylic acids is 1. The van der Waals surface area contributed by atoms with Gasteiger partial charge in [-0.3, -0.25) is 0 Å². The Hall–Kier alpha value is -2.24. The van der Waals surface area contributed by atoms with Crippen LogP contribution in [0.3, 0.4) is 0 Å². The highest BCUT2D eigenvalue weighted by Crippen LogP contribution is 2.25. The fourth-order valence-corrected chi connectivity index (χ4v) is 2.09. The SMILES string of the molecule is CCCC(C)(C)NC(=O)Nc1cc(C(=O)O)ccc1OC. The Balaban J connectivity index is 2.88. The van der Waals surface area contributed by atoms with Gasteiger partial charge in [-0.15, -0.1) is 0 Å². The molecule has 6 heteroatoms. The topological polar surface area (TPSA) is 87.7 Å². The number of methoxy groups -OCH3 is 1. The summed E-state index contributed by atoms with van der Waals surface area (Å²) in [7, 11) is 1.46. The van der Waals surface area contributed by atoms with E-state index in [-0.39, 0.29) is 11.1 Å². The maximum absolute atomic E-state index is 12.0. The van der Waals surface area contributed by atoms with Crippen LogP contribution < -0.4 is 15.4 Å². The van der Waals surface area contributed by atoms with Crippen LogP contribution >= 0.6 is 0 Å². The minimum Gasteiger partial charge on any atom is -0.495 e. The van der Waals surface area contributed by atoms with Crippen LogP contribution in [-0.2, 0) is 0 Å². The molecule has 1 aromatic rings. The van der Waals surface area contributed by atoms with Crippen molar-refractivity contribution in [2.24, 2.45) is 0 Å². The summed E-state index contributed by atoms with van der Waals surface area (Å²) in [4.78, 5) is 23.0. The van der Waals surface area contributed by atoms with E-state index in [2.05, 4.69) is 10.6 Å². The van der Waals surface area contributed by atoms with Crippen molar-refractivity contribution >= 4 is 17.7 Å². The zero-order valence-electron chi connectivity index (χ0n) is 12.8. The number of anilines is 1. The number of carboxylic acid groups (broad SMARTS) is 1. The molecule has 0 atom stereocenters. The summed E-state index contributed by atoms with van der Waals surface area (Å²) in [6, 6.07) is 3.91. The second-order valence-corrected chi connectivity index (χ2v) is 5.43. The molecule has 0 fully saturated rings. The summed E-state index contributed by atoms with van der Waals surface area (Å²) in [6.45, 7) is 5.91. The Kier molecular flexibility index (Phi) is 5.58. The third kappa shape index (κ3) is 4.98. The quantitative estimate of drug-likeness (QED) is 0.752. The number of amides is 2. The lowest BCUT2D eigenvalue weighted by molar-refractivity contribution is 0.0697. The highest BCUT2D eigenvalue weighted by Gasteiger charge is 2.20. The molecule has 1 aromatic carbocycles. The zero-order valence-corrected chi connectivity index (χ0v) is 12.8. The lowest BCUT2D eigenvalue weighted by Crippen LogP contribution is -2.45. The molecule has 116 valence electrons. The Morgan fingerprint density at radius 3 is 2.52 bits per heavy atom. The fraction of sp³-hybridized carbons (Fsp3) is 0.467. The maximum atomic E-state index is 12.0. The molecule has 1 rings (SSSR count). The first kappa shape index (κ1) is 16.8. The van der Waals surface area contributed by atoms with Gasteiger partial charge in [0.05, 0.1) is 18.4 Å². The molecule has 0 aliphatic heterocycles. The van der Waals surface area contributed by atoms with Crippen molar-refractivity contribution in [2.45, 2.75) is 39.2 Å². The smallest absolute Gasteiger partial charge is 0.335 e. The Labute approximate surface area is 124 Å². The van der Waals surface area contributed by atoms with Gasteiger partial charge in [-0.25, -0.2) is 9.59 Å². The van der Waals surface area contributed by atoms with Gasteiger partial charge in [0.25, 0.3) is 0 Å². The number of nitrogens with one attached hydrogen (secondary N) is 2. The summed E-state index contributed by atoms with van der Waals surface area (Å²) in [5.74, 6) is -0.657. The van der Waals surface area contributed by atoms with E-state index in [0.29, 0.717) is 11.4 Å². The molecule has 2 amide bonds. The van der Waals surface area contributed by atoms with E-state index in [9.17, 15) is 9.59 Å². The zero-order chi connectivity index (χ0) is 16.0. The number of rotatable bonds is 6. The van der Waals surface area contributed by atoms with Crippen LogP contribution in [0.2, 0.25) is 0 Å². The molecule has 0 aromatic heterocycles. The molecule has 0 aliphatic rings. The molecule has 0 spiro atoms. The van der Waals surface area contributed by atoms with Crippen LogP contribution in [0.25, 0.3) is 0 Å². The molecule has 6 nitrogen and oxygen atoms in total. The third-order valence-corrected chi connectivity index (χ3v) is 3.02. The van der Waals surface area contributed by atoms with Gasteiger partial charge in [-0.2, -0.15) is 0 Å². The molecule has 0 radical (unpaired) electrons. The van der Waals surface area contributed by atoms with E-state index in [1.807, 2.05) is 20.8 Å². The second kappa shape index (κ2) is 6.97. The van der Waals surface area contributed by atoms with Gasteiger partial charge >= 0.3 is 12.0 Å². The first-order valence-corrected chi connectivity index (χ1v) is 6.79. The molecule has 0 bridgehead atoms. The second-order valence-electron chi connectivity index (χ2n) is 5.43. The number of urea groups is 1. The van der Waals surface area contributed by atoms with Crippen molar-refractivity contribution in [1.82, 2.24) is 5.32 Å². The van der Waals surface area contributed by atoms with Crippen molar-refractivity contribution in [3.8, 4) is 5.75 Å². The highest BCUT2D eigenvalue weighted by atomic mass is 16.5. The monoisotopic (exact) mass is 294 g/mol. The van der Waals surface area contributed by atoms with Gasteiger partial charge in [-0.1, -0.05) is 13.3 Å². The van der Waals surface area contributed by atoms with Crippen LogP contribution in [0, 0.1) is 0 Å². The molecule has 0 saturated heterocycles. The Morgan fingerprint density at radius 2 is 2.00 bits per heavy atom. The van der Waals surface area contributed by atoms with Crippen LogP contribution in [0.4, 0.5) is 10.5 Å². The molecule has 21 heavy (non-hydrogen) atoms. The van der Waals surface area contributed by atoms with E-state index in [1.165, 1.54) is 25.3 Å². The van der Waals surface area contributed by atoms with Crippen LogP contribution in [0.1, 0.15) is 44.0 Å². The van der Waals surface area contributed by atoms with E-state index in [1.54, 1.807) is 0 Å². The minimum atomic E-state index is -1.06. The number of hydrogen-bond acceptors (Lipinski definition) is 3. The summed E-state index contributed by atoms with van der Waals surface area (Å²) < 4.78 is 5.12. The lowest BCUT2D eigenvalue weighted by atomic mass is 9.99. The Morgan fingerprint density at radius 1 is 1.33 bits per heavy atom. The highest BCUT2D eigenvalue weighted by molar-refractivity contribution is 5.95. The van der Waals surface area contributed by atoms with E-state index < -0.39 is 12.0 Å². The normalized spacial score (nSPS) is 10.9. The van der Waals surface area contributed by atoms with Crippen LogP contribution in [0.15, 0.2) is 18.2 Å². The number of aromatic carboxylic acids is 1. The van der Waals surface area contributed by atoms with Gasteiger partial charge in [0.15, 0.2) is 0 Å². The molecule has 0 heterocycles. The lowest BCUT2D eigenvalue weighted by Gasteiger charge is -2.26. The molecular formula is C15H22N2O4. The van der Waals surface area contributed by atoms with Crippen molar-refractivity contribution in [3.63, 3.8) is 0 Å². The first-order chi connectivity index (χ1) is 9.79. The van der Waals surface area contributed by atoms with E-state index in [4.69, 9.17) is 9.84 Å². The third-order valence-electron chi connectivity index (χ3n) is 3.02. The number of ether oxygens (including phenoxy) is 1. The molecule has 0 unspecified atom stereocenters. The average Bonchev–Trinajstić information content (AvgIpc) is 2.37. The summed E-state index contributed by atoms with van der Waals surface area (Å²) >= 11 is 0. The van der Waals surface area contributed by atoms with Gasteiger partial charge in [0.2, 0.25) is 0 Å². The number of benzene rings is 1. The summed E-state index contributed by atoms with van der Waals surface area (Å²) in [5.41, 5.74) is 0.0670. The number of hydrogen-bond donors (Lipinski definition) is 3. The van der Waals surface area contributed by atoms with Crippen molar-refractivity contribution < 1.29 is 19.4 Å².